The van der Waals surface area contributed by atoms with E-state index < -0.39 is 10.0 Å². The molecule has 2 aromatic carbocycles. The molecule has 8 heteroatoms. The molecule has 1 heterocycles. The monoisotopic (exact) mass is 412 g/mol. The molecule has 0 amide bonds. The quantitative estimate of drug-likeness (QED) is 0.715. The molecule has 5 nitrogen and oxygen atoms in total. The number of thiazole rings is 1. The van der Waals surface area contributed by atoms with Gasteiger partial charge in [-0.25, -0.2) is 8.42 Å². The molecule has 0 aliphatic heterocycles. The van der Waals surface area contributed by atoms with Crippen LogP contribution >= 0.6 is 27.3 Å². The summed E-state index contributed by atoms with van der Waals surface area (Å²) in [6.07, 6.45) is 0. The Morgan fingerprint density at radius 1 is 1.17 bits per heavy atom. The molecule has 0 spiro atoms. The number of aromatic nitrogens is 1. The number of rotatable bonds is 3. The van der Waals surface area contributed by atoms with Crippen LogP contribution in [0.25, 0.3) is 10.2 Å². The van der Waals surface area contributed by atoms with Crippen molar-refractivity contribution in [2.24, 2.45) is 7.05 Å². The maximum Gasteiger partial charge on any atom is 0.307 e. The first-order valence-corrected chi connectivity index (χ1v) is 9.76. The van der Waals surface area contributed by atoms with Crippen molar-refractivity contribution in [1.29, 1.82) is 0 Å². The summed E-state index contributed by atoms with van der Waals surface area (Å²) in [6, 6.07) is 10.1. The van der Waals surface area contributed by atoms with Gasteiger partial charge in [-0.2, -0.15) is 0 Å². The van der Waals surface area contributed by atoms with Gasteiger partial charge in [-0.15, -0.1) is 0 Å². The molecule has 0 bridgehead atoms. The Labute approximate surface area is 145 Å². The van der Waals surface area contributed by atoms with Gasteiger partial charge < -0.3 is 4.57 Å². The van der Waals surface area contributed by atoms with Crippen molar-refractivity contribution in [3.8, 4) is 0 Å². The van der Waals surface area contributed by atoms with Crippen molar-refractivity contribution in [2.75, 3.05) is 4.72 Å². The molecule has 1 aromatic heterocycles. The van der Waals surface area contributed by atoms with Crippen LogP contribution in [0.2, 0.25) is 0 Å². The molecule has 0 atom stereocenters. The van der Waals surface area contributed by atoms with Gasteiger partial charge in [0.25, 0.3) is 10.0 Å². The van der Waals surface area contributed by atoms with Crippen LogP contribution in [-0.2, 0) is 17.1 Å². The van der Waals surface area contributed by atoms with E-state index in [0.717, 1.165) is 26.0 Å². The Morgan fingerprint density at radius 3 is 2.61 bits per heavy atom. The van der Waals surface area contributed by atoms with Crippen molar-refractivity contribution < 1.29 is 8.42 Å². The second-order valence-electron chi connectivity index (χ2n) is 5.12. The van der Waals surface area contributed by atoms with Crippen LogP contribution in [0.3, 0.4) is 0 Å². The standard InChI is InChI=1S/C15H13BrN2O3S2/c1-9-7-10(16)3-6-14(9)23(20,21)17-11-4-5-12-13(8-11)22-15(19)18(12)2/h3-8,17H,1-2H3. The molecule has 0 radical (unpaired) electrons. The molecule has 0 unspecified atom stereocenters. The molecular weight excluding hydrogens is 400 g/mol. The molecule has 1 N–H and O–H groups in total. The lowest BCUT2D eigenvalue weighted by atomic mass is 10.2. The third-order valence-electron chi connectivity index (χ3n) is 3.47. The van der Waals surface area contributed by atoms with Crippen LogP contribution < -0.4 is 9.60 Å². The number of nitrogens with zero attached hydrogens (tertiary/aromatic N) is 1. The summed E-state index contributed by atoms with van der Waals surface area (Å²) in [5.74, 6) is 0. The highest BCUT2D eigenvalue weighted by Gasteiger charge is 2.17. The van der Waals surface area contributed by atoms with Crippen LogP contribution in [0.4, 0.5) is 5.69 Å². The SMILES string of the molecule is Cc1cc(Br)ccc1S(=O)(=O)Nc1ccc2c(c1)sc(=O)n2C. The van der Waals surface area contributed by atoms with Crippen LogP contribution in [0.15, 0.2) is 50.6 Å². The van der Waals surface area contributed by atoms with E-state index in [2.05, 4.69) is 20.7 Å². The van der Waals surface area contributed by atoms with E-state index in [1.807, 2.05) is 0 Å². The van der Waals surface area contributed by atoms with Gasteiger partial charge in [-0.1, -0.05) is 27.3 Å². The summed E-state index contributed by atoms with van der Waals surface area (Å²) in [5.41, 5.74) is 1.86. The molecule has 120 valence electrons. The Bertz CT molecular complexity index is 1070. The second kappa shape index (κ2) is 5.77. The Morgan fingerprint density at radius 2 is 1.91 bits per heavy atom. The smallest absolute Gasteiger partial charge is 0.302 e. The highest BCUT2D eigenvalue weighted by Crippen LogP contribution is 2.25. The number of benzene rings is 2. The molecule has 0 aliphatic rings. The molecule has 0 fully saturated rings. The predicted octanol–water partition coefficient (Wildman–Crippen LogP) is 3.47. The maximum atomic E-state index is 12.6. The maximum absolute atomic E-state index is 12.6. The van der Waals surface area contributed by atoms with Crippen molar-refractivity contribution in [3.63, 3.8) is 0 Å². The third-order valence-corrected chi connectivity index (χ3v) is 6.50. The topological polar surface area (TPSA) is 68.2 Å². The summed E-state index contributed by atoms with van der Waals surface area (Å²) < 4.78 is 30.8. The first kappa shape index (κ1) is 16.2. The average molecular weight is 413 g/mol. The fraction of sp³-hybridized carbons (Fsp3) is 0.133. The number of sulfonamides is 1. The zero-order valence-electron chi connectivity index (χ0n) is 12.3. The van der Waals surface area contributed by atoms with Crippen molar-refractivity contribution in [1.82, 2.24) is 4.57 Å². The van der Waals surface area contributed by atoms with E-state index in [4.69, 9.17) is 0 Å². The highest BCUT2D eigenvalue weighted by molar-refractivity contribution is 9.10. The Balaban J connectivity index is 2.01. The van der Waals surface area contributed by atoms with E-state index in [9.17, 15) is 13.2 Å². The first-order chi connectivity index (χ1) is 10.8. The van der Waals surface area contributed by atoms with Gasteiger partial charge in [0.05, 0.1) is 20.8 Å². The van der Waals surface area contributed by atoms with E-state index in [1.54, 1.807) is 50.4 Å². The van der Waals surface area contributed by atoms with Gasteiger partial charge in [-0.05, 0) is 48.9 Å². The Kier molecular flexibility index (Phi) is 4.07. The van der Waals surface area contributed by atoms with E-state index in [0.29, 0.717) is 11.3 Å². The van der Waals surface area contributed by atoms with Gasteiger partial charge >= 0.3 is 4.87 Å². The zero-order valence-corrected chi connectivity index (χ0v) is 15.5. The van der Waals surface area contributed by atoms with Gasteiger partial charge in [0.2, 0.25) is 0 Å². The second-order valence-corrected chi connectivity index (χ2v) is 8.68. The number of anilines is 1. The third kappa shape index (κ3) is 3.06. The number of aryl methyl sites for hydroxylation is 2. The minimum atomic E-state index is -3.68. The fourth-order valence-electron chi connectivity index (χ4n) is 2.32. The minimum absolute atomic E-state index is 0.0799. The van der Waals surface area contributed by atoms with E-state index >= 15 is 0 Å². The lowest BCUT2D eigenvalue weighted by Crippen LogP contribution is -2.14. The number of halogens is 1. The largest absolute Gasteiger partial charge is 0.307 e. The van der Waals surface area contributed by atoms with Crippen LogP contribution in [0, 0.1) is 6.92 Å². The van der Waals surface area contributed by atoms with Crippen LogP contribution in [0.1, 0.15) is 5.56 Å². The van der Waals surface area contributed by atoms with Gasteiger partial charge in [-0.3, -0.25) is 9.52 Å². The minimum Gasteiger partial charge on any atom is -0.302 e. The summed E-state index contributed by atoms with van der Waals surface area (Å²) in [7, 11) is -1.99. The summed E-state index contributed by atoms with van der Waals surface area (Å²) in [4.78, 5) is 11.8. The molecule has 3 rings (SSSR count). The van der Waals surface area contributed by atoms with Crippen LogP contribution in [0.5, 0.6) is 0 Å². The van der Waals surface area contributed by atoms with Gasteiger partial charge in [0, 0.05) is 11.5 Å². The molecule has 23 heavy (non-hydrogen) atoms. The summed E-state index contributed by atoms with van der Waals surface area (Å²) >= 11 is 4.41. The molecule has 0 aliphatic carbocycles. The molecule has 0 saturated carbocycles. The number of nitrogens with one attached hydrogen (secondary N) is 1. The fourth-order valence-corrected chi connectivity index (χ4v) is 4.99. The lowest BCUT2D eigenvalue weighted by Gasteiger charge is -2.11. The zero-order chi connectivity index (χ0) is 16.8. The van der Waals surface area contributed by atoms with E-state index in [-0.39, 0.29) is 9.77 Å². The summed E-state index contributed by atoms with van der Waals surface area (Å²) in [5, 5.41) is 0. The summed E-state index contributed by atoms with van der Waals surface area (Å²) in [6.45, 7) is 1.74. The highest BCUT2D eigenvalue weighted by atomic mass is 79.9. The average Bonchev–Trinajstić information content (AvgIpc) is 2.72. The van der Waals surface area contributed by atoms with Gasteiger partial charge in [0.1, 0.15) is 0 Å². The lowest BCUT2D eigenvalue weighted by molar-refractivity contribution is 0.600. The number of hydrogen-bond acceptors (Lipinski definition) is 4. The van der Waals surface area contributed by atoms with Crippen molar-refractivity contribution in [2.45, 2.75) is 11.8 Å². The predicted molar refractivity (Wildman–Crippen MR) is 96.8 cm³/mol. The number of fused-ring (bicyclic) bond motifs is 1. The molecular formula is C15H13BrN2O3S2. The normalized spacial score (nSPS) is 11.8. The van der Waals surface area contributed by atoms with Crippen molar-refractivity contribution >= 4 is 53.2 Å². The first-order valence-electron chi connectivity index (χ1n) is 6.66. The van der Waals surface area contributed by atoms with Crippen LogP contribution in [-0.4, -0.2) is 13.0 Å². The molecule has 3 aromatic rings. The Hall–Kier alpha value is -1.64. The molecule has 0 saturated heterocycles. The van der Waals surface area contributed by atoms with Gasteiger partial charge in [0.15, 0.2) is 0 Å². The van der Waals surface area contributed by atoms with E-state index in [1.165, 1.54) is 4.57 Å². The van der Waals surface area contributed by atoms with Crippen molar-refractivity contribution in [3.05, 3.63) is 56.1 Å². The number of hydrogen-bond donors (Lipinski definition) is 1.